The van der Waals surface area contributed by atoms with E-state index in [4.69, 9.17) is 0 Å². The number of ketones is 1. The van der Waals surface area contributed by atoms with Gasteiger partial charge in [-0.2, -0.15) is 0 Å². The van der Waals surface area contributed by atoms with Gasteiger partial charge in [-0.05, 0) is 12.8 Å². The van der Waals surface area contributed by atoms with E-state index in [2.05, 4.69) is 13.8 Å². The first kappa shape index (κ1) is 33.6. The standard InChI is InChI=1S/C32H64O2/c1-3-5-7-9-11-13-15-16-17-19-20-22-24-26-28-31(30-33)32(34)29-27-25-23-21-18-14-12-10-8-6-4-2/h31,33H,3-30H2,1-2H3. The molecule has 2 heteroatoms. The van der Waals surface area contributed by atoms with Crippen LogP contribution in [0.2, 0.25) is 0 Å². The molecule has 204 valence electrons. The van der Waals surface area contributed by atoms with E-state index >= 15 is 0 Å². The Balaban J connectivity index is 3.42. The second kappa shape index (κ2) is 28.9. The first-order valence-electron chi connectivity index (χ1n) is 15.9. The number of unbranched alkanes of at least 4 members (excludes halogenated alkanes) is 23. The van der Waals surface area contributed by atoms with E-state index in [0.29, 0.717) is 12.2 Å². The summed E-state index contributed by atoms with van der Waals surface area (Å²) in [5.74, 6) is 0.216. The lowest BCUT2D eigenvalue weighted by Gasteiger charge is -2.13. The monoisotopic (exact) mass is 480 g/mol. The molecule has 0 aromatic rings. The average molecular weight is 481 g/mol. The van der Waals surface area contributed by atoms with Crippen molar-refractivity contribution in [1.29, 1.82) is 0 Å². The van der Waals surface area contributed by atoms with Crippen molar-refractivity contribution in [1.82, 2.24) is 0 Å². The minimum Gasteiger partial charge on any atom is -0.396 e. The van der Waals surface area contributed by atoms with Crippen molar-refractivity contribution >= 4 is 5.78 Å². The summed E-state index contributed by atoms with van der Waals surface area (Å²) in [6, 6.07) is 0. The molecule has 0 fully saturated rings. The number of hydrogen-bond acceptors (Lipinski definition) is 2. The third kappa shape index (κ3) is 24.7. The third-order valence-corrected chi connectivity index (χ3v) is 7.61. The van der Waals surface area contributed by atoms with Gasteiger partial charge in [0.15, 0.2) is 0 Å². The summed E-state index contributed by atoms with van der Waals surface area (Å²) in [5, 5.41) is 9.66. The van der Waals surface area contributed by atoms with Crippen molar-refractivity contribution in [2.45, 2.75) is 187 Å². The van der Waals surface area contributed by atoms with Gasteiger partial charge in [0.25, 0.3) is 0 Å². The van der Waals surface area contributed by atoms with Crippen LogP contribution in [-0.4, -0.2) is 17.5 Å². The molecule has 0 heterocycles. The lowest BCUT2D eigenvalue weighted by Crippen LogP contribution is -2.18. The van der Waals surface area contributed by atoms with Crippen LogP contribution in [0.3, 0.4) is 0 Å². The van der Waals surface area contributed by atoms with E-state index in [1.54, 1.807) is 0 Å². The maximum atomic E-state index is 12.4. The van der Waals surface area contributed by atoms with E-state index in [1.165, 1.54) is 148 Å². The minimum atomic E-state index is -0.0968. The lowest BCUT2D eigenvalue weighted by atomic mass is 9.93. The van der Waals surface area contributed by atoms with E-state index in [9.17, 15) is 9.90 Å². The Kier molecular flexibility index (Phi) is 28.6. The summed E-state index contributed by atoms with van der Waals surface area (Å²) in [6.45, 7) is 4.61. The van der Waals surface area contributed by atoms with Crippen LogP contribution >= 0.6 is 0 Å². The topological polar surface area (TPSA) is 37.3 Å². The molecular weight excluding hydrogens is 416 g/mol. The maximum absolute atomic E-state index is 12.4. The van der Waals surface area contributed by atoms with Gasteiger partial charge in [-0.15, -0.1) is 0 Å². The highest BCUT2D eigenvalue weighted by Crippen LogP contribution is 2.18. The molecule has 0 saturated carbocycles. The summed E-state index contributed by atoms with van der Waals surface area (Å²) in [6.07, 6.45) is 35.1. The molecule has 34 heavy (non-hydrogen) atoms. The highest BCUT2D eigenvalue weighted by Gasteiger charge is 2.16. The van der Waals surface area contributed by atoms with Gasteiger partial charge in [0.1, 0.15) is 5.78 Å². The zero-order valence-electron chi connectivity index (χ0n) is 23.7. The van der Waals surface area contributed by atoms with Crippen LogP contribution in [0, 0.1) is 5.92 Å². The highest BCUT2D eigenvalue weighted by molar-refractivity contribution is 5.81. The van der Waals surface area contributed by atoms with Crippen molar-refractivity contribution < 1.29 is 9.90 Å². The first-order valence-corrected chi connectivity index (χ1v) is 15.9. The van der Waals surface area contributed by atoms with Crippen LogP contribution in [0.25, 0.3) is 0 Å². The van der Waals surface area contributed by atoms with Crippen LogP contribution in [0.5, 0.6) is 0 Å². The van der Waals surface area contributed by atoms with Crippen LogP contribution < -0.4 is 0 Å². The molecule has 2 nitrogen and oxygen atoms in total. The molecule has 0 saturated heterocycles. The van der Waals surface area contributed by atoms with Gasteiger partial charge in [0, 0.05) is 12.3 Å². The fourth-order valence-electron chi connectivity index (χ4n) is 5.11. The largest absolute Gasteiger partial charge is 0.396 e. The predicted molar refractivity (Wildman–Crippen MR) is 152 cm³/mol. The molecule has 1 N–H and O–H groups in total. The molecule has 0 spiro atoms. The molecule has 1 unspecified atom stereocenters. The highest BCUT2D eigenvalue weighted by atomic mass is 16.3. The third-order valence-electron chi connectivity index (χ3n) is 7.61. The minimum absolute atomic E-state index is 0.0509. The fraction of sp³-hybridized carbons (Fsp3) is 0.969. The number of Topliss-reactive ketones (excluding diaryl/α,β-unsaturated/α-hetero) is 1. The van der Waals surface area contributed by atoms with Crippen molar-refractivity contribution in [2.75, 3.05) is 6.61 Å². The Labute approximate surface area is 215 Å². The second-order valence-corrected chi connectivity index (χ2v) is 11.0. The fourth-order valence-corrected chi connectivity index (χ4v) is 5.11. The normalized spacial score (nSPS) is 12.3. The SMILES string of the molecule is CCCCCCCCCCCCCCCCC(CO)C(=O)CCCCCCCCCCCCC. The Hall–Kier alpha value is -0.370. The van der Waals surface area contributed by atoms with Crippen LogP contribution in [0.4, 0.5) is 0 Å². The zero-order valence-corrected chi connectivity index (χ0v) is 23.7. The smallest absolute Gasteiger partial charge is 0.138 e. The van der Waals surface area contributed by atoms with Gasteiger partial charge in [-0.3, -0.25) is 4.79 Å². The molecule has 0 aliphatic rings. The Morgan fingerprint density at radius 3 is 1.09 bits per heavy atom. The summed E-state index contributed by atoms with van der Waals surface area (Å²) in [7, 11) is 0. The number of aliphatic hydroxyl groups is 1. The van der Waals surface area contributed by atoms with Crippen molar-refractivity contribution in [3.63, 3.8) is 0 Å². The maximum Gasteiger partial charge on any atom is 0.138 e. The molecule has 0 aliphatic heterocycles. The second-order valence-electron chi connectivity index (χ2n) is 11.0. The number of hydrogen-bond donors (Lipinski definition) is 1. The molecule has 0 aliphatic carbocycles. The van der Waals surface area contributed by atoms with Crippen LogP contribution in [0.1, 0.15) is 187 Å². The molecule has 0 aromatic heterocycles. The van der Waals surface area contributed by atoms with Crippen LogP contribution in [0.15, 0.2) is 0 Å². The van der Waals surface area contributed by atoms with Gasteiger partial charge in [-0.1, -0.05) is 168 Å². The van der Waals surface area contributed by atoms with Gasteiger partial charge in [0.05, 0.1) is 6.61 Å². The van der Waals surface area contributed by atoms with E-state index in [-0.39, 0.29) is 12.5 Å². The van der Waals surface area contributed by atoms with Gasteiger partial charge in [-0.25, -0.2) is 0 Å². The number of carbonyl (C=O) groups excluding carboxylic acids is 1. The van der Waals surface area contributed by atoms with E-state index in [1.807, 2.05) is 0 Å². The van der Waals surface area contributed by atoms with Crippen LogP contribution in [-0.2, 0) is 4.79 Å². The summed E-state index contributed by atoms with van der Waals surface area (Å²) < 4.78 is 0. The number of aliphatic hydroxyl groups excluding tert-OH is 1. The van der Waals surface area contributed by atoms with E-state index in [0.717, 1.165) is 19.3 Å². The van der Waals surface area contributed by atoms with Crippen molar-refractivity contribution in [3.05, 3.63) is 0 Å². The summed E-state index contributed by atoms with van der Waals surface area (Å²) >= 11 is 0. The van der Waals surface area contributed by atoms with Gasteiger partial charge in [0.2, 0.25) is 0 Å². The molecule has 0 bridgehead atoms. The molecule has 0 rings (SSSR count). The molecule has 0 aromatic carbocycles. The average Bonchev–Trinajstić information content (AvgIpc) is 2.85. The van der Waals surface area contributed by atoms with Crippen molar-refractivity contribution in [2.24, 2.45) is 5.92 Å². The quantitative estimate of drug-likeness (QED) is 0.108. The Morgan fingerprint density at radius 2 is 0.765 bits per heavy atom. The van der Waals surface area contributed by atoms with Gasteiger partial charge >= 0.3 is 0 Å². The number of rotatable bonds is 29. The first-order chi connectivity index (χ1) is 16.8. The van der Waals surface area contributed by atoms with Gasteiger partial charge < -0.3 is 5.11 Å². The Bertz CT molecular complexity index is 392. The van der Waals surface area contributed by atoms with Crippen molar-refractivity contribution in [3.8, 4) is 0 Å². The lowest BCUT2D eigenvalue weighted by molar-refractivity contribution is -0.124. The summed E-state index contributed by atoms with van der Waals surface area (Å²) in [4.78, 5) is 12.4. The number of carbonyl (C=O) groups is 1. The predicted octanol–water partition coefficient (Wildman–Crippen LogP) is 10.7. The summed E-state index contributed by atoms with van der Waals surface area (Å²) in [5.41, 5.74) is 0. The molecule has 1 atom stereocenters. The molecular formula is C32H64O2. The van der Waals surface area contributed by atoms with E-state index < -0.39 is 0 Å². The Morgan fingerprint density at radius 1 is 0.471 bits per heavy atom. The molecule has 0 radical (unpaired) electrons. The zero-order chi connectivity index (χ0) is 25.0. The molecule has 0 amide bonds.